The number of rotatable bonds is 2. The predicted octanol–water partition coefficient (Wildman–Crippen LogP) is -1.12. The zero-order valence-corrected chi connectivity index (χ0v) is 9.50. The van der Waals surface area contributed by atoms with Gasteiger partial charge in [0.2, 0.25) is 0 Å². The lowest BCUT2D eigenvalue weighted by Crippen LogP contribution is -2.55. The molecule has 7 nitrogen and oxygen atoms in total. The SMILES string of the molecule is COC(=O)NS(=O)(=O)N1CCN[C@H](C)C1. The lowest BCUT2D eigenvalue weighted by atomic mass is 10.3. The molecule has 1 amide bonds. The first kappa shape index (κ1) is 12.2. The van der Waals surface area contributed by atoms with Gasteiger partial charge in [-0.15, -0.1) is 0 Å². The van der Waals surface area contributed by atoms with Gasteiger partial charge < -0.3 is 10.1 Å². The van der Waals surface area contributed by atoms with Crippen molar-refractivity contribution in [3.8, 4) is 0 Å². The van der Waals surface area contributed by atoms with Gasteiger partial charge in [0.15, 0.2) is 0 Å². The molecular formula is C7H15N3O4S. The van der Waals surface area contributed by atoms with Crippen LogP contribution < -0.4 is 10.0 Å². The maximum absolute atomic E-state index is 11.6. The number of methoxy groups -OCH3 is 1. The summed E-state index contributed by atoms with van der Waals surface area (Å²) >= 11 is 0. The minimum atomic E-state index is -3.76. The molecular weight excluding hydrogens is 222 g/mol. The van der Waals surface area contributed by atoms with E-state index in [2.05, 4.69) is 10.1 Å². The van der Waals surface area contributed by atoms with Crippen LogP contribution in [0.5, 0.6) is 0 Å². The first-order chi connectivity index (χ1) is 6.95. The van der Waals surface area contributed by atoms with E-state index >= 15 is 0 Å². The van der Waals surface area contributed by atoms with Crippen LogP contribution in [-0.4, -0.2) is 51.6 Å². The molecule has 15 heavy (non-hydrogen) atoms. The van der Waals surface area contributed by atoms with Crippen molar-refractivity contribution in [3.05, 3.63) is 0 Å². The number of carbonyl (C=O) groups excluding carboxylic acids is 1. The highest BCUT2D eigenvalue weighted by molar-refractivity contribution is 7.87. The molecule has 0 aromatic carbocycles. The Balaban J connectivity index is 2.64. The topological polar surface area (TPSA) is 87.7 Å². The molecule has 0 saturated carbocycles. The van der Waals surface area contributed by atoms with Crippen molar-refractivity contribution in [2.75, 3.05) is 26.7 Å². The monoisotopic (exact) mass is 237 g/mol. The summed E-state index contributed by atoms with van der Waals surface area (Å²) < 4.78 is 30.4. The molecule has 8 heteroatoms. The fourth-order valence-corrected chi connectivity index (χ4v) is 2.50. The largest absolute Gasteiger partial charge is 0.452 e. The summed E-state index contributed by atoms with van der Waals surface area (Å²) in [6.07, 6.45) is -0.971. The highest BCUT2D eigenvalue weighted by Crippen LogP contribution is 2.03. The van der Waals surface area contributed by atoms with Crippen molar-refractivity contribution in [3.63, 3.8) is 0 Å². The third-order valence-electron chi connectivity index (χ3n) is 2.07. The Labute approximate surface area is 89.0 Å². The van der Waals surface area contributed by atoms with Crippen LogP contribution in [0.4, 0.5) is 4.79 Å². The van der Waals surface area contributed by atoms with Crippen molar-refractivity contribution < 1.29 is 17.9 Å². The van der Waals surface area contributed by atoms with Crippen LogP contribution >= 0.6 is 0 Å². The quantitative estimate of drug-likeness (QED) is 0.635. The fraction of sp³-hybridized carbons (Fsp3) is 0.857. The van der Waals surface area contributed by atoms with Crippen LogP contribution in [0, 0.1) is 0 Å². The van der Waals surface area contributed by atoms with E-state index in [9.17, 15) is 13.2 Å². The average molecular weight is 237 g/mol. The summed E-state index contributed by atoms with van der Waals surface area (Å²) in [6, 6.07) is 0.0768. The zero-order valence-electron chi connectivity index (χ0n) is 8.69. The Kier molecular flexibility index (Phi) is 3.89. The van der Waals surface area contributed by atoms with Crippen LogP contribution in [0.15, 0.2) is 0 Å². The van der Waals surface area contributed by atoms with Crippen molar-refractivity contribution in [2.24, 2.45) is 0 Å². The number of amides is 1. The molecule has 1 fully saturated rings. The van der Waals surface area contributed by atoms with Crippen molar-refractivity contribution in [1.29, 1.82) is 0 Å². The minimum Gasteiger partial charge on any atom is -0.452 e. The molecule has 88 valence electrons. The first-order valence-electron chi connectivity index (χ1n) is 4.55. The molecule has 0 radical (unpaired) electrons. The van der Waals surface area contributed by atoms with Crippen molar-refractivity contribution in [1.82, 2.24) is 14.3 Å². The molecule has 1 rings (SSSR count). The van der Waals surface area contributed by atoms with Crippen LogP contribution in [0.2, 0.25) is 0 Å². The minimum absolute atomic E-state index is 0.0768. The zero-order chi connectivity index (χ0) is 11.5. The second kappa shape index (κ2) is 4.77. The molecule has 0 aromatic rings. The van der Waals surface area contributed by atoms with Gasteiger partial charge >= 0.3 is 16.3 Å². The summed E-state index contributed by atoms with van der Waals surface area (Å²) in [5, 5.41) is 3.10. The lowest BCUT2D eigenvalue weighted by Gasteiger charge is -2.30. The molecule has 1 saturated heterocycles. The Bertz CT molecular complexity index is 329. The highest BCUT2D eigenvalue weighted by atomic mass is 32.2. The van der Waals surface area contributed by atoms with E-state index in [1.807, 2.05) is 6.92 Å². The number of ether oxygens (including phenoxy) is 1. The van der Waals surface area contributed by atoms with E-state index in [1.54, 1.807) is 4.72 Å². The number of hydrogen-bond acceptors (Lipinski definition) is 5. The van der Waals surface area contributed by atoms with Crippen molar-refractivity contribution in [2.45, 2.75) is 13.0 Å². The smallest absolute Gasteiger partial charge is 0.421 e. The summed E-state index contributed by atoms with van der Waals surface area (Å²) in [4.78, 5) is 10.8. The Morgan fingerprint density at radius 2 is 2.27 bits per heavy atom. The van der Waals surface area contributed by atoms with Crippen molar-refractivity contribution >= 4 is 16.3 Å². The van der Waals surface area contributed by atoms with Crippen LogP contribution in [0.1, 0.15) is 6.92 Å². The molecule has 0 spiro atoms. The van der Waals surface area contributed by atoms with Crippen LogP contribution in [0.3, 0.4) is 0 Å². The van der Waals surface area contributed by atoms with Gasteiger partial charge in [-0.1, -0.05) is 0 Å². The lowest BCUT2D eigenvalue weighted by molar-refractivity contribution is 0.176. The van der Waals surface area contributed by atoms with Gasteiger partial charge in [-0.05, 0) is 6.92 Å². The number of piperazine rings is 1. The molecule has 0 bridgehead atoms. The Morgan fingerprint density at radius 1 is 1.60 bits per heavy atom. The highest BCUT2D eigenvalue weighted by Gasteiger charge is 2.28. The average Bonchev–Trinajstić information content (AvgIpc) is 2.17. The number of nitrogens with one attached hydrogen (secondary N) is 2. The van der Waals surface area contributed by atoms with Gasteiger partial charge in [0.1, 0.15) is 0 Å². The summed E-state index contributed by atoms with van der Waals surface area (Å²) in [6.45, 7) is 3.13. The molecule has 1 atom stereocenters. The van der Waals surface area contributed by atoms with E-state index in [0.29, 0.717) is 19.6 Å². The molecule has 0 unspecified atom stereocenters. The molecule has 1 heterocycles. The molecule has 1 aliphatic rings. The second-order valence-electron chi connectivity index (χ2n) is 3.31. The first-order valence-corrected chi connectivity index (χ1v) is 5.99. The normalized spacial score (nSPS) is 23.5. The molecule has 1 aliphatic heterocycles. The van der Waals surface area contributed by atoms with E-state index in [1.165, 1.54) is 4.31 Å². The third kappa shape index (κ3) is 3.33. The molecule has 0 aliphatic carbocycles. The standard InChI is InChI=1S/C7H15N3O4S/c1-6-5-10(4-3-8-6)15(12,13)9-7(11)14-2/h6,8H,3-5H2,1-2H3,(H,9,11)/t6-/m1/s1. The van der Waals surface area contributed by atoms with Crippen LogP contribution in [-0.2, 0) is 14.9 Å². The van der Waals surface area contributed by atoms with Gasteiger partial charge in [0.25, 0.3) is 0 Å². The molecule has 0 aromatic heterocycles. The van der Waals surface area contributed by atoms with Gasteiger partial charge in [0, 0.05) is 25.7 Å². The summed E-state index contributed by atoms with van der Waals surface area (Å²) in [7, 11) is -2.64. The maximum Gasteiger partial charge on any atom is 0.421 e. The number of carbonyl (C=O) groups is 1. The predicted molar refractivity (Wildman–Crippen MR) is 53.5 cm³/mol. The van der Waals surface area contributed by atoms with E-state index in [0.717, 1.165) is 7.11 Å². The Morgan fingerprint density at radius 3 is 2.80 bits per heavy atom. The summed E-state index contributed by atoms with van der Waals surface area (Å²) in [5.41, 5.74) is 0. The van der Waals surface area contributed by atoms with Gasteiger partial charge in [-0.25, -0.2) is 9.52 Å². The third-order valence-corrected chi connectivity index (χ3v) is 3.51. The number of hydrogen-bond donors (Lipinski definition) is 2. The van der Waals surface area contributed by atoms with E-state index in [4.69, 9.17) is 0 Å². The maximum atomic E-state index is 11.6. The van der Waals surface area contributed by atoms with E-state index in [-0.39, 0.29) is 6.04 Å². The van der Waals surface area contributed by atoms with Gasteiger partial charge in [0.05, 0.1) is 7.11 Å². The molecule has 2 N–H and O–H groups in total. The summed E-state index contributed by atoms with van der Waals surface area (Å²) in [5.74, 6) is 0. The van der Waals surface area contributed by atoms with E-state index < -0.39 is 16.3 Å². The Hall–Kier alpha value is -0.860. The van der Waals surface area contributed by atoms with Gasteiger partial charge in [-0.3, -0.25) is 0 Å². The number of nitrogens with zero attached hydrogens (tertiary/aromatic N) is 1. The van der Waals surface area contributed by atoms with Gasteiger partial charge in [-0.2, -0.15) is 12.7 Å². The fourth-order valence-electron chi connectivity index (χ4n) is 1.33. The second-order valence-corrected chi connectivity index (χ2v) is 4.98. The van der Waals surface area contributed by atoms with Crippen LogP contribution in [0.25, 0.3) is 0 Å².